The van der Waals surface area contributed by atoms with E-state index in [0.717, 1.165) is 39.0 Å². The summed E-state index contributed by atoms with van der Waals surface area (Å²) >= 11 is 0. The fourth-order valence-corrected chi connectivity index (χ4v) is 13.1. The van der Waals surface area contributed by atoms with Gasteiger partial charge in [0.25, 0.3) is 0 Å². The van der Waals surface area contributed by atoms with E-state index in [1.54, 1.807) is 0 Å². The van der Waals surface area contributed by atoms with E-state index >= 15 is 0 Å². The normalized spacial score (nSPS) is 16.3. The van der Waals surface area contributed by atoms with Gasteiger partial charge in [0, 0.05) is 33.2 Å². The first-order valence-electron chi connectivity index (χ1n) is 24.0. The molecule has 0 fully saturated rings. The summed E-state index contributed by atoms with van der Waals surface area (Å²) < 4.78 is 6.38. The summed E-state index contributed by atoms with van der Waals surface area (Å²) in [5, 5.41) is 2.22. The van der Waals surface area contributed by atoms with E-state index in [-0.39, 0.29) is 16.2 Å². The summed E-state index contributed by atoms with van der Waals surface area (Å²) in [6.07, 6.45) is 1.17. The van der Waals surface area contributed by atoms with Crippen molar-refractivity contribution in [2.24, 2.45) is 0 Å². The molecule has 67 heavy (non-hydrogen) atoms. The Labute approximate surface area is 394 Å². The minimum atomic E-state index is -0.472. The summed E-state index contributed by atoms with van der Waals surface area (Å²) in [5.74, 6) is 0. The number of rotatable bonds is 6. The van der Waals surface area contributed by atoms with Gasteiger partial charge in [0.1, 0.15) is 11.2 Å². The molecule has 0 saturated carbocycles. The quantitative estimate of drug-likeness (QED) is 0.166. The molecule has 2 heteroatoms. The lowest BCUT2D eigenvalue weighted by Gasteiger charge is -2.34. The first-order valence-corrected chi connectivity index (χ1v) is 24.0. The van der Waals surface area contributed by atoms with Crippen LogP contribution in [0.15, 0.2) is 205 Å². The van der Waals surface area contributed by atoms with Crippen LogP contribution in [0.4, 0.5) is 17.1 Å². The van der Waals surface area contributed by atoms with Gasteiger partial charge in [-0.15, -0.1) is 0 Å². The van der Waals surface area contributed by atoms with Crippen molar-refractivity contribution in [2.75, 3.05) is 4.90 Å². The number of benzene rings is 9. The maximum Gasteiger partial charge on any atom is 0.135 e. The Morgan fingerprint density at radius 2 is 0.925 bits per heavy atom. The zero-order chi connectivity index (χ0) is 45.5. The van der Waals surface area contributed by atoms with Crippen molar-refractivity contribution < 1.29 is 4.42 Å². The molecule has 324 valence electrons. The van der Waals surface area contributed by atoms with Crippen molar-refractivity contribution >= 4 is 39.0 Å². The molecular formula is C65H53NO. The summed E-state index contributed by atoms with van der Waals surface area (Å²) in [4.78, 5) is 2.44. The number of furan rings is 1. The maximum atomic E-state index is 6.38. The maximum absolute atomic E-state index is 6.38. The molecule has 1 aromatic heterocycles. The molecule has 0 bridgehead atoms. The minimum absolute atomic E-state index is 0.125. The predicted octanol–water partition coefficient (Wildman–Crippen LogP) is 17.4. The first-order chi connectivity index (χ1) is 32.4. The van der Waals surface area contributed by atoms with Gasteiger partial charge in [-0.3, -0.25) is 0 Å². The summed E-state index contributed by atoms with van der Waals surface area (Å²) in [7, 11) is 0. The van der Waals surface area contributed by atoms with E-state index in [9.17, 15) is 0 Å². The average molecular weight is 864 g/mol. The number of hydrogen-bond acceptors (Lipinski definition) is 2. The van der Waals surface area contributed by atoms with E-state index < -0.39 is 5.41 Å². The number of hydrogen-bond donors (Lipinski definition) is 0. The third-order valence-electron chi connectivity index (χ3n) is 15.9. The molecule has 13 rings (SSSR count). The van der Waals surface area contributed by atoms with Crippen molar-refractivity contribution in [1.29, 1.82) is 0 Å². The van der Waals surface area contributed by atoms with Gasteiger partial charge < -0.3 is 9.32 Å². The Hall–Kier alpha value is -7.42. The smallest absolute Gasteiger partial charge is 0.135 e. The largest absolute Gasteiger partial charge is 0.456 e. The standard InChI is InChI=1S/C65H53NO/c1-62(2)40-63(3,4)59-39-57-52(38-58(59)62)49-31-28-42(35-56(49)64(57,5)6)41-18-17-23-45(34-41)66(47-30-33-61-53(37-47)50-25-14-16-27-60(50)67-61)46-29-32-55-51(36-46)48-24-13-15-26-54(48)65(55,43-19-9-7-10-20-43)44-21-11-8-12-22-44/h7-39H,40H2,1-6H3. The molecule has 0 unspecified atom stereocenters. The van der Waals surface area contributed by atoms with Crippen molar-refractivity contribution in [3.8, 4) is 33.4 Å². The average Bonchev–Trinajstić information content (AvgIpc) is 3.99. The van der Waals surface area contributed by atoms with Gasteiger partial charge in [-0.05, 0) is 156 Å². The molecule has 9 aromatic carbocycles. The molecule has 0 spiro atoms. The van der Waals surface area contributed by atoms with Gasteiger partial charge in [-0.25, -0.2) is 0 Å². The Morgan fingerprint density at radius 3 is 1.70 bits per heavy atom. The fourth-order valence-electron chi connectivity index (χ4n) is 13.1. The van der Waals surface area contributed by atoms with Gasteiger partial charge in [0.05, 0.1) is 5.41 Å². The second kappa shape index (κ2) is 14.0. The van der Waals surface area contributed by atoms with Crippen LogP contribution in [-0.2, 0) is 21.7 Å². The van der Waals surface area contributed by atoms with Crippen LogP contribution in [0.5, 0.6) is 0 Å². The molecule has 0 atom stereocenters. The molecule has 2 nitrogen and oxygen atoms in total. The minimum Gasteiger partial charge on any atom is -0.456 e. The SMILES string of the molecule is CC1(C)CC(C)(C)c2cc3c(cc21)-c1ccc(-c2cccc(N(c4ccc5c(c4)-c4ccccc4C5(c4ccccc4)c4ccccc4)c4ccc5oc6ccccc6c5c4)c2)cc1C3(C)C. The highest BCUT2D eigenvalue weighted by Crippen LogP contribution is 2.59. The van der Waals surface area contributed by atoms with Gasteiger partial charge in [0.15, 0.2) is 0 Å². The third-order valence-corrected chi connectivity index (χ3v) is 15.9. The molecule has 0 radical (unpaired) electrons. The molecule has 3 aliphatic carbocycles. The molecule has 3 aliphatic rings. The van der Waals surface area contributed by atoms with Gasteiger partial charge in [0.2, 0.25) is 0 Å². The Morgan fingerprint density at radius 1 is 0.358 bits per heavy atom. The lowest BCUT2D eigenvalue weighted by Crippen LogP contribution is -2.28. The zero-order valence-corrected chi connectivity index (χ0v) is 39.1. The summed E-state index contributed by atoms with van der Waals surface area (Å²) in [6, 6.07) is 74.8. The highest BCUT2D eigenvalue weighted by Gasteiger charge is 2.47. The Kier molecular flexibility index (Phi) is 8.37. The Bertz CT molecular complexity index is 3600. The topological polar surface area (TPSA) is 16.4 Å². The molecule has 1 heterocycles. The number of anilines is 3. The van der Waals surface area contributed by atoms with Crippen LogP contribution in [0, 0.1) is 0 Å². The second-order valence-corrected chi connectivity index (χ2v) is 21.2. The fraction of sp³-hybridized carbons (Fsp3) is 0.169. The van der Waals surface area contributed by atoms with Crippen LogP contribution in [0.1, 0.15) is 92.5 Å². The number of fused-ring (bicyclic) bond motifs is 10. The van der Waals surface area contributed by atoms with E-state index in [1.807, 2.05) is 6.07 Å². The highest BCUT2D eigenvalue weighted by atomic mass is 16.3. The van der Waals surface area contributed by atoms with Crippen LogP contribution in [0.3, 0.4) is 0 Å². The highest BCUT2D eigenvalue weighted by molar-refractivity contribution is 6.06. The van der Waals surface area contributed by atoms with Crippen LogP contribution in [-0.4, -0.2) is 0 Å². The van der Waals surface area contributed by atoms with Gasteiger partial charge >= 0.3 is 0 Å². The van der Waals surface area contributed by atoms with Gasteiger partial charge in [-0.2, -0.15) is 0 Å². The van der Waals surface area contributed by atoms with Crippen LogP contribution < -0.4 is 4.90 Å². The van der Waals surface area contributed by atoms with E-state index in [2.05, 4.69) is 241 Å². The summed E-state index contributed by atoms with van der Waals surface area (Å²) in [6.45, 7) is 14.5. The third kappa shape index (κ3) is 5.69. The number of para-hydroxylation sites is 1. The Balaban J connectivity index is 0.986. The van der Waals surface area contributed by atoms with Gasteiger partial charge in [-0.1, -0.05) is 181 Å². The molecular weight excluding hydrogens is 811 g/mol. The molecule has 0 amide bonds. The van der Waals surface area contributed by atoms with Crippen molar-refractivity contribution in [3.63, 3.8) is 0 Å². The molecule has 0 saturated heterocycles. The lowest BCUT2D eigenvalue weighted by molar-refractivity contribution is 0.403. The van der Waals surface area contributed by atoms with Crippen molar-refractivity contribution in [2.45, 2.75) is 69.6 Å². The summed E-state index contributed by atoms with van der Waals surface area (Å²) in [5.41, 5.74) is 23.5. The zero-order valence-electron chi connectivity index (χ0n) is 39.1. The van der Waals surface area contributed by atoms with Crippen LogP contribution >= 0.6 is 0 Å². The predicted molar refractivity (Wildman–Crippen MR) is 279 cm³/mol. The van der Waals surface area contributed by atoms with Crippen LogP contribution in [0.2, 0.25) is 0 Å². The molecule has 0 aliphatic heterocycles. The monoisotopic (exact) mass is 863 g/mol. The van der Waals surface area contributed by atoms with E-state index in [1.165, 1.54) is 84.3 Å². The first kappa shape index (κ1) is 39.9. The van der Waals surface area contributed by atoms with Crippen LogP contribution in [0.25, 0.3) is 55.3 Å². The van der Waals surface area contributed by atoms with E-state index in [4.69, 9.17) is 4.42 Å². The second-order valence-electron chi connectivity index (χ2n) is 21.2. The number of nitrogens with zero attached hydrogens (tertiary/aromatic N) is 1. The van der Waals surface area contributed by atoms with Crippen molar-refractivity contribution in [3.05, 3.63) is 245 Å². The molecule has 10 aromatic rings. The molecule has 0 N–H and O–H groups in total. The van der Waals surface area contributed by atoms with Crippen molar-refractivity contribution in [1.82, 2.24) is 0 Å². The lowest BCUT2D eigenvalue weighted by atomic mass is 9.68. The van der Waals surface area contributed by atoms with E-state index in [0.29, 0.717) is 0 Å².